The number of rotatable bonds is 3. The minimum atomic E-state index is -0.282. The summed E-state index contributed by atoms with van der Waals surface area (Å²) in [5, 5.41) is 1.61. The van der Waals surface area contributed by atoms with Gasteiger partial charge in [0, 0.05) is 46.2 Å². The topological polar surface area (TPSA) is 76.2 Å². The van der Waals surface area contributed by atoms with Gasteiger partial charge in [-0.25, -0.2) is 10.4 Å². The van der Waals surface area contributed by atoms with E-state index in [2.05, 4.69) is 17.2 Å². The highest BCUT2D eigenvalue weighted by atomic mass is 16.2. The lowest BCUT2D eigenvalue weighted by Gasteiger charge is -2.42. The molecule has 3 saturated heterocycles. The van der Waals surface area contributed by atoms with Crippen molar-refractivity contribution in [3.05, 3.63) is 30.3 Å². The predicted octanol–water partition coefficient (Wildman–Crippen LogP) is 0.165. The number of fused-ring (bicyclic) bond motifs is 1. The Morgan fingerprint density at radius 2 is 1.69 bits per heavy atom. The summed E-state index contributed by atoms with van der Waals surface area (Å²) < 4.78 is 0. The van der Waals surface area contributed by atoms with Gasteiger partial charge in [0.2, 0.25) is 17.7 Å². The Hall–Kier alpha value is -2.45. The highest BCUT2D eigenvalue weighted by molar-refractivity contribution is 5.98. The highest BCUT2D eigenvalue weighted by Gasteiger charge is 2.51. The number of nitrogens with zero attached hydrogens (tertiary/aromatic N) is 4. The molecule has 156 valence electrons. The van der Waals surface area contributed by atoms with Crippen molar-refractivity contribution in [1.29, 1.82) is 0 Å². The van der Waals surface area contributed by atoms with E-state index in [4.69, 9.17) is 0 Å². The van der Waals surface area contributed by atoms with Crippen LogP contribution in [0.1, 0.15) is 13.8 Å². The molecule has 0 aliphatic carbocycles. The fourth-order valence-corrected chi connectivity index (χ4v) is 4.67. The maximum Gasteiger partial charge on any atom is 0.247 e. The largest absolute Gasteiger partial charge is 0.339 e. The normalized spacial score (nSPS) is 27.9. The molecule has 1 aromatic rings. The van der Waals surface area contributed by atoms with Crippen LogP contribution in [0.25, 0.3) is 0 Å². The Labute approximate surface area is 171 Å². The van der Waals surface area contributed by atoms with E-state index in [9.17, 15) is 14.4 Å². The van der Waals surface area contributed by atoms with Crippen LogP contribution in [0.15, 0.2) is 30.3 Å². The van der Waals surface area contributed by atoms with Crippen molar-refractivity contribution in [2.75, 3.05) is 50.8 Å². The van der Waals surface area contributed by atoms with E-state index in [-0.39, 0.29) is 35.6 Å². The van der Waals surface area contributed by atoms with Crippen molar-refractivity contribution >= 4 is 23.4 Å². The summed E-state index contributed by atoms with van der Waals surface area (Å²) in [6, 6.07) is 9.32. The lowest BCUT2D eigenvalue weighted by atomic mass is 9.83. The van der Waals surface area contributed by atoms with E-state index in [1.54, 1.807) is 16.8 Å². The number of hydrogen-bond acceptors (Lipinski definition) is 5. The smallest absolute Gasteiger partial charge is 0.247 e. The molecule has 3 unspecified atom stereocenters. The summed E-state index contributed by atoms with van der Waals surface area (Å²) in [4.78, 5) is 44.0. The lowest BCUT2D eigenvalue weighted by Crippen LogP contribution is -2.60. The number of likely N-dealkylation sites (tertiary alicyclic amines) is 1. The molecule has 3 aliphatic rings. The minimum absolute atomic E-state index is 0.0264. The number of hydrazine groups is 1. The summed E-state index contributed by atoms with van der Waals surface area (Å²) in [6.07, 6.45) is 0. The second-order valence-electron chi connectivity index (χ2n) is 8.06. The molecule has 3 heterocycles. The third-order valence-corrected chi connectivity index (χ3v) is 6.41. The van der Waals surface area contributed by atoms with Crippen molar-refractivity contribution in [1.82, 2.24) is 20.1 Å². The van der Waals surface area contributed by atoms with Crippen molar-refractivity contribution in [2.45, 2.75) is 19.9 Å². The monoisotopic (exact) mass is 399 g/mol. The van der Waals surface area contributed by atoms with Gasteiger partial charge in [0.25, 0.3) is 0 Å². The molecular weight excluding hydrogens is 370 g/mol. The van der Waals surface area contributed by atoms with Crippen LogP contribution in [0.3, 0.4) is 0 Å². The SMILES string of the molecule is CCN1CC(C(=O)N2CCN(C(C)=O)CC2)C2NN(c3ccccc3)C(=O)C2C1. The maximum atomic E-state index is 13.4. The van der Waals surface area contributed by atoms with Crippen LogP contribution in [0.5, 0.6) is 0 Å². The fourth-order valence-electron chi connectivity index (χ4n) is 4.67. The zero-order valence-corrected chi connectivity index (χ0v) is 17.1. The zero-order chi connectivity index (χ0) is 20.5. The van der Waals surface area contributed by atoms with Gasteiger partial charge >= 0.3 is 0 Å². The molecule has 1 N–H and O–H groups in total. The average Bonchev–Trinajstić information content (AvgIpc) is 3.09. The summed E-state index contributed by atoms with van der Waals surface area (Å²) >= 11 is 0. The number of nitrogens with one attached hydrogen (secondary N) is 1. The summed E-state index contributed by atoms with van der Waals surface area (Å²) in [6.45, 7) is 7.99. The van der Waals surface area contributed by atoms with E-state index < -0.39 is 0 Å². The fraction of sp³-hybridized carbons (Fsp3) is 0.571. The molecule has 0 spiro atoms. The minimum Gasteiger partial charge on any atom is -0.339 e. The van der Waals surface area contributed by atoms with Gasteiger partial charge in [0.05, 0.1) is 23.6 Å². The van der Waals surface area contributed by atoms with Gasteiger partial charge in [-0.3, -0.25) is 14.4 Å². The molecule has 3 amide bonds. The quantitative estimate of drug-likeness (QED) is 0.784. The number of piperidine rings is 1. The molecule has 0 aromatic heterocycles. The first-order chi connectivity index (χ1) is 14.0. The second-order valence-corrected chi connectivity index (χ2v) is 8.06. The predicted molar refractivity (Wildman–Crippen MR) is 109 cm³/mol. The number of piperazine rings is 1. The van der Waals surface area contributed by atoms with Gasteiger partial charge in [-0.1, -0.05) is 25.1 Å². The Bertz CT molecular complexity index is 778. The molecule has 29 heavy (non-hydrogen) atoms. The van der Waals surface area contributed by atoms with Crippen molar-refractivity contribution in [3.8, 4) is 0 Å². The molecule has 3 fully saturated rings. The van der Waals surface area contributed by atoms with Gasteiger partial charge in [0.1, 0.15) is 0 Å². The Morgan fingerprint density at radius 1 is 1.03 bits per heavy atom. The zero-order valence-electron chi connectivity index (χ0n) is 17.1. The number of carbonyl (C=O) groups excluding carboxylic acids is 3. The first kappa shape index (κ1) is 19.8. The summed E-state index contributed by atoms with van der Waals surface area (Å²) in [7, 11) is 0. The maximum absolute atomic E-state index is 13.4. The van der Waals surface area contributed by atoms with E-state index in [1.807, 2.05) is 35.2 Å². The van der Waals surface area contributed by atoms with Gasteiger partial charge in [0.15, 0.2) is 0 Å². The molecule has 3 aliphatic heterocycles. The first-order valence-corrected chi connectivity index (χ1v) is 10.4. The molecule has 4 rings (SSSR count). The van der Waals surface area contributed by atoms with E-state index in [1.165, 1.54) is 0 Å². The number of carbonyl (C=O) groups is 3. The van der Waals surface area contributed by atoms with Crippen molar-refractivity contribution < 1.29 is 14.4 Å². The molecule has 0 saturated carbocycles. The molecule has 8 heteroatoms. The number of para-hydroxylation sites is 1. The highest BCUT2D eigenvalue weighted by Crippen LogP contribution is 2.32. The van der Waals surface area contributed by atoms with Crippen LogP contribution in [0.4, 0.5) is 5.69 Å². The number of hydrogen-bond donors (Lipinski definition) is 1. The number of benzene rings is 1. The molecule has 1 aromatic carbocycles. The third kappa shape index (κ3) is 3.74. The standard InChI is InChI=1S/C21H29N5O3/c1-3-23-13-17(20(28)25-11-9-24(10-12-25)15(2)27)19-18(14-23)21(29)26(22-19)16-7-5-4-6-8-16/h4-8,17-19,22H,3,9-14H2,1-2H3. The molecule has 0 bridgehead atoms. The average molecular weight is 399 g/mol. The lowest BCUT2D eigenvalue weighted by molar-refractivity contribution is -0.144. The number of amides is 3. The van der Waals surface area contributed by atoms with Gasteiger partial charge in [-0.05, 0) is 18.7 Å². The first-order valence-electron chi connectivity index (χ1n) is 10.4. The molecule has 0 radical (unpaired) electrons. The third-order valence-electron chi connectivity index (χ3n) is 6.41. The molecular formula is C21H29N5O3. The van der Waals surface area contributed by atoms with Gasteiger partial charge in [-0.15, -0.1) is 0 Å². The Balaban J connectivity index is 1.52. The van der Waals surface area contributed by atoms with Crippen LogP contribution in [-0.2, 0) is 14.4 Å². The van der Waals surface area contributed by atoms with Crippen LogP contribution >= 0.6 is 0 Å². The second kappa shape index (κ2) is 8.12. The number of anilines is 1. The Kier molecular flexibility index (Phi) is 5.56. The van der Waals surface area contributed by atoms with Crippen LogP contribution in [-0.4, -0.2) is 84.3 Å². The van der Waals surface area contributed by atoms with Crippen molar-refractivity contribution in [3.63, 3.8) is 0 Å². The van der Waals surface area contributed by atoms with Gasteiger partial charge < -0.3 is 14.7 Å². The van der Waals surface area contributed by atoms with Gasteiger partial charge in [-0.2, -0.15) is 0 Å². The van der Waals surface area contributed by atoms with E-state index in [0.29, 0.717) is 39.3 Å². The summed E-state index contributed by atoms with van der Waals surface area (Å²) in [5.41, 5.74) is 4.15. The Morgan fingerprint density at radius 3 is 2.31 bits per heavy atom. The van der Waals surface area contributed by atoms with Crippen LogP contribution < -0.4 is 10.4 Å². The van der Waals surface area contributed by atoms with E-state index >= 15 is 0 Å². The van der Waals surface area contributed by atoms with Crippen LogP contribution in [0.2, 0.25) is 0 Å². The van der Waals surface area contributed by atoms with E-state index in [0.717, 1.165) is 12.2 Å². The molecule has 8 nitrogen and oxygen atoms in total. The summed E-state index contributed by atoms with van der Waals surface area (Å²) in [5.74, 6) is -0.365. The van der Waals surface area contributed by atoms with Crippen LogP contribution in [0, 0.1) is 11.8 Å². The van der Waals surface area contributed by atoms with Crippen molar-refractivity contribution in [2.24, 2.45) is 11.8 Å². The molecule has 3 atom stereocenters.